The van der Waals surface area contributed by atoms with Crippen LogP contribution in [0.3, 0.4) is 0 Å². The molecule has 0 unspecified atom stereocenters. The van der Waals surface area contributed by atoms with Crippen molar-refractivity contribution in [3.05, 3.63) is 65.7 Å². The summed E-state index contributed by atoms with van der Waals surface area (Å²) in [6, 6.07) is 16.4. The van der Waals surface area contributed by atoms with E-state index in [-0.39, 0.29) is 11.7 Å². The van der Waals surface area contributed by atoms with Crippen LogP contribution in [0.1, 0.15) is 43.4 Å². The molecule has 0 heterocycles. The van der Waals surface area contributed by atoms with E-state index in [0.29, 0.717) is 23.5 Å². The van der Waals surface area contributed by atoms with Crippen LogP contribution in [0.5, 0.6) is 17.2 Å². The van der Waals surface area contributed by atoms with Crippen LogP contribution in [0.25, 0.3) is 10.8 Å². The van der Waals surface area contributed by atoms with Gasteiger partial charge in [0.15, 0.2) is 11.5 Å². The van der Waals surface area contributed by atoms with Crippen LogP contribution in [0.4, 0.5) is 0 Å². The number of aromatic hydroxyl groups is 1. The molecule has 3 aromatic rings. The van der Waals surface area contributed by atoms with Gasteiger partial charge in [-0.05, 0) is 41.0 Å². The normalized spacial score (nSPS) is 11.8. The lowest BCUT2D eigenvalue weighted by molar-refractivity contribution is -0.121. The van der Waals surface area contributed by atoms with Gasteiger partial charge in [0, 0.05) is 12.0 Å². The minimum Gasteiger partial charge on any atom is -0.508 e. The van der Waals surface area contributed by atoms with Crippen molar-refractivity contribution in [1.82, 2.24) is 5.32 Å². The number of ether oxygens (including phenoxy) is 2. The molecule has 29 heavy (non-hydrogen) atoms. The first-order valence-corrected chi connectivity index (χ1v) is 9.81. The van der Waals surface area contributed by atoms with Gasteiger partial charge in [-0.25, -0.2) is 0 Å². The SMILES string of the molecule is CCCCC(=O)N[C@H](c1ccc(OC)c(OC)c1)c1c(O)ccc2ccccc12. The van der Waals surface area contributed by atoms with Crippen LogP contribution in [-0.2, 0) is 4.79 Å². The second-order valence-electron chi connectivity index (χ2n) is 6.94. The zero-order valence-corrected chi connectivity index (χ0v) is 17.1. The third-order valence-corrected chi connectivity index (χ3v) is 5.04. The van der Waals surface area contributed by atoms with Gasteiger partial charge < -0.3 is 19.9 Å². The Hall–Kier alpha value is -3.21. The first-order chi connectivity index (χ1) is 14.1. The zero-order valence-electron chi connectivity index (χ0n) is 17.1. The highest BCUT2D eigenvalue weighted by Crippen LogP contribution is 2.38. The quantitative estimate of drug-likeness (QED) is 0.568. The van der Waals surface area contributed by atoms with E-state index < -0.39 is 6.04 Å². The summed E-state index contributed by atoms with van der Waals surface area (Å²) in [6.07, 6.45) is 2.19. The summed E-state index contributed by atoms with van der Waals surface area (Å²) in [5, 5.41) is 15.7. The number of carbonyl (C=O) groups is 1. The molecule has 1 amide bonds. The van der Waals surface area contributed by atoms with Gasteiger partial charge in [-0.3, -0.25) is 4.79 Å². The highest BCUT2D eigenvalue weighted by Gasteiger charge is 2.23. The summed E-state index contributed by atoms with van der Waals surface area (Å²) in [5.41, 5.74) is 1.47. The Balaban J connectivity index is 2.15. The minimum absolute atomic E-state index is 0.0565. The number of phenols is 1. The summed E-state index contributed by atoms with van der Waals surface area (Å²) >= 11 is 0. The molecule has 0 aliphatic carbocycles. The monoisotopic (exact) mass is 393 g/mol. The molecule has 0 aromatic heterocycles. The number of nitrogens with one attached hydrogen (secondary N) is 1. The predicted octanol–water partition coefficient (Wildman–Crippen LogP) is 4.96. The number of methoxy groups -OCH3 is 2. The van der Waals surface area contributed by atoms with Crippen LogP contribution in [0.15, 0.2) is 54.6 Å². The van der Waals surface area contributed by atoms with Crippen molar-refractivity contribution >= 4 is 16.7 Å². The summed E-state index contributed by atoms with van der Waals surface area (Å²) in [4.78, 5) is 12.6. The topological polar surface area (TPSA) is 67.8 Å². The third kappa shape index (κ3) is 4.45. The number of rotatable bonds is 8. The number of hydrogen-bond acceptors (Lipinski definition) is 4. The van der Waals surface area contributed by atoms with Gasteiger partial charge >= 0.3 is 0 Å². The standard InChI is InChI=1S/C24H27NO4/c1-4-5-10-22(27)25-24(17-12-14-20(28-2)21(15-17)29-3)23-18-9-7-6-8-16(18)11-13-19(23)26/h6-9,11-15,24,26H,4-5,10H2,1-3H3,(H,25,27)/t24-/m1/s1. The van der Waals surface area contributed by atoms with Gasteiger partial charge in [-0.15, -0.1) is 0 Å². The maximum Gasteiger partial charge on any atom is 0.220 e. The van der Waals surface area contributed by atoms with Gasteiger partial charge in [0.2, 0.25) is 5.91 Å². The molecule has 152 valence electrons. The van der Waals surface area contributed by atoms with Gasteiger partial charge in [-0.1, -0.05) is 49.7 Å². The Morgan fingerprint density at radius 2 is 1.79 bits per heavy atom. The Bertz CT molecular complexity index is 999. The van der Waals surface area contributed by atoms with Crippen molar-refractivity contribution in [2.75, 3.05) is 14.2 Å². The maximum absolute atomic E-state index is 12.6. The number of phenolic OH excluding ortho intramolecular Hbond substituents is 1. The van der Waals surface area contributed by atoms with E-state index in [9.17, 15) is 9.90 Å². The fraction of sp³-hybridized carbons (Fsp3) is 0.292. The second-order valence-corrected chi connectivity index (χ2v) is 6.94. The first-order valence-electron chi connectivity index (χ1n) is 9.81. The van der Waals surface area contributed by atoms with Crippen LogP contribution in [0, 0.1) is 0 Å². The number of benzene rings is 3. The molecule has 0 aliphatic heterocycles. The number of fused-ring (bicyclic) bond motifs is 1. The summed E-state index contributed by atoms with van der Waals surface area (Å²) in [5.74, 6) is 1.25. The molecule has 1 atom stereocenters. The lowest BCUT2D eigenvalue weighted by Gasteiger charge is -2.23. The zero-order chi connectivity index (χ0) is 20.8. The van der Waals surface area contributed by atoms with E-state index in [1.807, 2.05) is 48.5 Å². The van der Waals surface area contributed by atoms with Crippen molar-refractivity contribution in [3.63, 3.8) is 0 Å². The number of unbranched alkanes of at least 4 members (excludes halogenated alkanes) is 1. The molecule has 5 heteroatoms. The summed E-state index contributed by atoms with van der Waals surface area (Å²) < 4.78 is 10.8. The molecule has 0 bridgehead atoms. The first kappa shape index (κ1) is 20.5. The van der Waals surface area contributed by atoms with E-state index >= 15 is 0 Å². The van der Waals surface area contributed by atoms with Gasteiger partial charge in [0.05, 0.1) is 20.3 Å². The fourth-order valence-electron chi connectivity index (χ4n) is 3.51. The van der Waals surface area contributed by atoms with Gasteiger partial charge in [0.1, 0.15) is 5.75 Å². The van der Waals surface area contributed by atoms with Crippen molar-refractivity contribution in [2.45, 2.75) is 32.2 Å². The number of hydrogen-bond donors (Lipinski definition) is 2. The Labute approximate surface area is 171 Å². The average molecular weight is 393 g/mol. The van der Waals surface area contributed by atoms with Crippen LogP contribution in [0.2, 0.25) is 0 Å². The molecule has 3 aromatic carbocycles. The average Bonchev–Trinajstić information content (AvgIpc) is 2.76. The highest BCUT2D eigenvalue weighted by atomic mass is 16.5. The Morgan fingerprint density at radius 3 is 2.52 bits per heavy atom. The van der Waals surface area contributed by atoms with Crippen molar-refractivity contribution in [1.29, 1.82) is 0 Å². The highest BCUT2D eigenvalue weighted by molar-refractivity contribution is 5.89. The molecule has 3 rings (SSSR count). The lowest BCUT2D eigenvalue weighted by atomic mass is 9.92. The van der Waals surface area contributed by atoms with E-state index in [2.05, 4.69) is 12.2 Å². The van der Waals surface area contributed by atoms with Crippen LogP contribution >= 0.6 is 0 Å². The molecule has 0 saturated carbocycles. The fourth-order valence-corrected chi connectivity index (χ4v) is 3.51. The maximum atomic E-state index is 12.6. The van der Waals surface area contributed by atoms with Crippen molar-refractivity contribution < 1.29 is 19.4 Å². The van der Waals surface area contributed by atoms with E-state index in [1.165, 1.54) is 0 Å². The molecule has 5 nitrogen and oxygen atoms in total. The van der Waals surface area contributed by atoms with Gasteiger partial charge in [-0.2, -0.15) is 0 Å². The van der Waals surface area contributed by atoms with E-state index in [1.54, 1.807) is 20.3 Å². The minimum atomic E-state index is -0.523. The Kier molecular flexibility index (Phi) is 6.60. The Morgan fingerprint density at radius 1 is 1.03 bits per heavy atom. The number of amides is 1. The summed E-state index contributed by atoms with van der Waals surface area (Å²) in [7, 11) is 3.16. The van der Waals surface area contributed by atoms with Crippen molar-refractivity contribution in [3.8, 4) is 17.2 Å². The molecule has 0 spiro atoms. The molecule has 2 N–H and O–H groups in total. The molecule has 0 radical (unpaired) electrons. The van der Waals surface area contributed by atoms with Crippen LogP contribution in [-0.4, -0.2) is 25.2 Å². The second kappa shape index (κ2) is 9.32. The molecular weight excluding hydrogens is 366 g/mol. The predicted molar refractivity (Wildman–Crippen MR) is 115 cm³/mol. The molecular formula is C24H27NO4. The number of carbonyl (C=O) groups excluding carboxylic acids is 1. The van der Waals surface area contributed by atoms with E-state index in [0.717, 1.165) is 29.2 Å². The smallest absolute Gasteiger partial charge is 0.220 e. The molecule has 0 aliphatic rings. The molecule has 0 saturated heterocycles. The van der Waals surface area contributed by atoms with Crippen molar-refractivity contribution in [2.24, 2.45) is 0 Å². The van der Waals surface area contributed by atoms with E-state index in [4.69, 9.17) is 9.47 Å². The summed E-state index contributed by atoms with van der Waals surface area (Å²) in [6.45, 7) is 2.05. The molecule has 0 fully saturated rings. The third-order valence-electron chi connectivity index (χ3n) is 5.04. The lowest BCUT2D eigenvalue weighted by Crippen LogP contribution is -2.29. The largest absolute Gasteiger partial charge is 0.508 e. The van der Waals surface area contributed by atoms with Crippen LogP contribution < -0.4 is 14.8 Å². The van der Waals surface area contributed by atoms with Gasteiger partial charge in [0.25, 0.3) is 0 Å².